The van der Waals surface area contributed by atoms with E-state index in [1.54, 1.807) is 4.90 Å². The topological polar surface area (TPSA) is 72.6 Å². The molecule has 0 aromatic carbocycles. The summed E-state index contributed by atoms with van der Waals surface area (Å²) in [7, 11) is 0. The number of ketones is 1. The maximum absolute atomic E-state index is 11.2. The van der Waals surface area contributed by atoms with E-state index >= 15 is 0 Å². The summed E-state index contributed by atoms with van der Waals surface area (Å²) in [5.41, 5.74) is 5.27. The number of ether oxygens (including phenoxy) is 1. The highest BCUT2D eigenvalue weighted by molar-refractivity contribution is 5.77. The quantitative estimate of drug-likeness (QED) is 0.573. The molecule has 0 saturated heterocycles. The van der Waals surface area contributed by atoms with Crippen LogP contribution in [0.2, 0.25) is 0 Å². The number of nitrogens with two attached hydrogens (primary N) is 1. The number of nitrogens with zero attached hydrogens (tertiary/aromatic N) is 1. The molecule has 94 valence electrons. The van der Waals surface area contributed by atoms with Crippen molar-refractivity contribution in [3.8, 4) is 0 Å². The molecule has 0 spiro atoms. The lowest BCUT2D eigenvalue weighted by molar-refractivity contribution is -0.129. The molecule has 16 heavy (non-hydrogen) atoms. The fourth-order valence-corrected chi connectivity index (χ4v) is 1.26. The highest BCUT2D eigenvalue weighted by Crippen LogP contribution is 1.96. The molecule has 0 aromatic rings. The van der Waals surface area contributed by atoms with Gasteiger partial charge in [0.2, 0.25) is 5.91 Å². The van der Waals surface area contributed by atoms with Crippen LogP contribution in [0.3, 0.4) is 0 Å². The lowest BCUT2D eigenvalue weighted by Gasteiger charge is -2.20. The Morgan fingerprint density at radius 1 is 1.19 bits per heavy atom. The van der Waals surface area contributed by atoms with Crippen molar-refractivity contribution >= 4 is 11.7 Å². The van der Waals surface area contributed by atoms with Gasteiger partial charge in [-0.15, -0.1) is 0 Å². The normalized spacial score (nSPS) is 10.2. The Balaban J connectivity index is 3.68. The summed E-state index contributed by atoms with van der Waals surface area (Å²) in [5, 5.41) is 0. The number of hydrogen-bond acceptors (Lipinski definition) is 4. The monoisotopic (exact) mass is 230 g/mol. The van der Waals surface area contributed by atoms with Crippen LogP contribution in [0.15, 0.2) is 0 Å². The molecule has 0 saturated carbocycles. The lowest BCUT2D eigenvalue weighted by Crippen LogP contribution is -2.32. The van der Waals surface area contributed by atoms with Crippen LogP contribution in [0.4, 0.5) is 0 Å². The molecule has 1 amide bonds. The van der Waals surface area contributed by atoms with Gasteiger partial charge in [-0.05, 0) is 13.3 Å². The highest BCUT2D eigenvalue weighted by Gasteiger charge is 2.08. The van der Waals surface area contributed by atoms with E-state index in [0.29, 0.717) is 39.3 Å². The molecule has 0 unspecified atom stereocenters. The van der Waals surface area contributed by atoms with Gasteiger partial charge >= 0.3 is 0 Å². The number of carbonyl (C=O) groups excluding carboxylic acids is 2. The Labute approximate surface area is 96.9 Å². The van der Waals surface area contributed by atoms with Gasteiger partial charge in [0, 0.05) is 39.6 Å². The zero-order chi connectivity index (χ0) is 12.4. The summed E-state index contributed by atoms with van der Waals surface area (Å²) in [5.74, 6) is 0.103. The van der Waals surface area contributed by atoms with E-state index in [4.69, 9.17) is 10.5 Å². The average molecular weight is 230 g/mol. The fourth-order valence-electron chi connectivity index (χ4n) is 1.26. The first kappa shape index (κ1) is 15.1. The van der Waals surface area contributed by atoms with E-state index in [1.807, 2.05) is 0 Å². The molecule has 5 heteroatoms. The summed E-state index contributed by atoms with van der Waals surface area (Å²) >= 11 is 0. The van der Waals surface area contributed by atoms with Gasteiger partial charge in [0.15, 0.2) is 0 Å². The van der Waals surface area contributed by atoms with Crippen LogP contribution in [-0.2, 0) is 14.3 Å². The zero-order valence-electron chi connectivity index (χ0n) is 10.2. The minimum Gasteiger partial charge on any atom is -0.380 e. The first-order chi connectivity index (χ1) is 7.57. The van der Waals surface area contributed by atoms with E-state index < -0.39 is 0 Å². The Kier molecular flexibility index (Phi) is 8.75. The van der Waals surface area contributed by atoms with Crippen LogP contribution in [0.1, 0.15) is 26.7 Å². The molecule has 0 heterocycles. The molecule has 0 radical (unpaired) electrons. The first-order valence-electron chi connectivity index (χ1n) is 5.60. The molecule has 0 rings (SSSR count). The molecule has 0 aliphatic rings. The van der Waals surface area contributed by atoms with Crippen LogP contribution >= 0.6 is 0 Å². The summed E-state index contributed by atoms with van der Waals surface area (Å²) in [6.07, 6.45) is 1.20. The predicted molar refractivity (Wildman–Crippen MR) is 62.0 cm³/mol. The number of rotatable bonds is 9. The van der Waals surface area contributed by atoms with Gasteiger partial charge in [-0.1, -0.05) is 0 Å². The SMILES string of the molecule is CC(=O)CCN(CCCOCCN)C(C)=O. The molecular weight excluding hydrogens is 208 g/mol. The summed E-state index contributed by atoms with van der Waals surface area (Å²) in [4.78, 5) is 23.7. The molecule has 2 N–H and O–H groups in total. The van der Waals surface area contributed by atoms with Gasteiger partial charge in [-0.2, -0.15) is 0 Å². The van der Waals surface area contributed by atoms with E-state index in [9.17, 15) is 9.59 Å². The van der Waals surface area contributed by atoms with Crippen LogP contribution in [0.5, 0.6) is 0 Å². The summed E-state index contributed by atoms with van der Waals surface area (Å²) in [6, 6.07) is 0. The summed E-state index contributed by atoms with van der Waals surface area (Å²) in [6.45, 7) is 5.84. The van der Waals surface area contributed by atoms with Gasteiger partial charge in [0.1, 0.15) is 5.78 Å². The molecule has 0 aliphatic carbocycles. The van der Waals surface area contributed by atoms with E-state index in [-0.39, 0.29) is 11.7 Å². The molecule has 0 aliphatic heterocycles. The molecule has 5 nitrogen and oxygen atoms in total. The minimum atomic E-state index is 0.0000693. The summed E-state index contributed by atoms with van der Waals surface area (Å²) < 4.78 is 5.21. The second-order valence-electron chi connectivity index (χ2n) is 3.71. The minimum absolute atomic E-state index is 0.0000693. The zero-order valence-corrected chi connectivity index (χ0v) is 10.2. The third-order valence-corrected chi connectivity index (χ3v) is 2.16. The number of carbonyl (C=O) groups is 2. The van der Waals surface area contributed by atoms with Gasteiger partial charge in [-0.25, -0.2) is 0 Å². The first-order valence-corrected chi connectivity index (χ1v) is 5.60. The maximum atomic E-state index is 11.2. The second-order valence-corrected chi connectivity index (χ2v) is 3.71. The van der Waals surface area contributed by atoms with Crippen molar-refractivity contribution in [1.82, 2.24) is 4.90 Å². The van der Waals surface area contributed by atoms with Crippen molar-refractivity contribution in [3.63, 3.8) is 0 Å². The van der Waals surface area contributed by atoms with Crippen molar-refractivity contribution in [3.05, 3.63) is 0 Å². The molecule has 0 fully saturated rings. The van der Waals surface area contributed by atoms with Gasteiger partial charge in [-0.3, -0.25) is 9.59 Å². The van der Waals surface area contributed by atoms with Gasteiger partial charge in [0.25, 0.3) is 0 Å². The Bertz CT molecular complexity index is 219. The van der Waals surface area contributed by atoms with E-state index in [0.717, 1.165) is 6.42 Å². The fraction of sp³-hybridized carbons (Fsp3) is 0.818. The molecular formula is C11H22N2O3. The predicted octanol–water partition coefficient (Wildman–Crippen LogP) is 0.179. The smallest absolute Gasteiger partial charge is 0.219 e. The van der Waals surface area contributed by atoms with Gasteiger partial charge in [0.05, 0.1) is 6.61 Å². The third kappa shape index (κ3) is 8.38. The molecule has 0 aromatic heterocycles. The Hall–Kier alpha value is -0.940. The molecule has 0 atom stereocenters. The van der Waals surface area contributed by atoms with Crippen molar-refractivity contribution in [2.75, 3.05) is 32.8 Å². The van der Waals surface area contributed by atoms with Crippen molar-refractivity contribution < 1.29 is 14.3 Å². The highest BCUT2D eigenvalue weighted by atomic mass is 16.5. The van der Waals surface area contributed by atoms with Crippen molar-refractivity contribution in [2.24, 2.45) is 5.73 Å². The van der Waals surface area contributed by atoms with E-state index in [1.165, 1.54) is 13.8 Å². The Morgan fingerprint density at radius 2 is 1.88 bits per heavy atom. The van der Waals surface area contributed by atoms with E-state index in [2.05, 4.69) is 0 Å². The number of amides is 1. The number of Topliss-reactive ketones (excluding diaryl/α,β-unsaturated/α-hetero) is 1. The van der Waals surface area contributed by atoms with Crippen LogP contribution < -0.4 is 5.73 Å². The van der Waals surface area contributed by atoms with Crippen LogP contribution in [0.25, 0.3) is 0 Å². The van der Waals surface area contributed by atoms with Gasteiger partial charge < -0.3 is 15.4 Å². The average Bonchev–Trinajstić information content (AvgIpc) is 2.21. The largest absolute Gasteiger partial charge is 0.380 e. The molecule has 0 bridgehead atoms. The number of hydrogen-bond donors (Lipinski definition) is 1. The van der Waals surface area contributed by atoms with Crippen LogP contribution in [-0.4, -0.2) is 49.4 Å². The standard InChI is InChI=1S/C11H22N2O3/c1-10(14)4-7-13(11(2)15)6-3-8-16-9-5-12/h3-9,12H2,1-2H3. The van der Waals surface area contributed by atoms with Crippen LogP contribution in [0, 0.1) is 0 Å². The second kappa shape index (κ2) is 9.30. The maximum Gasteiger partial charge on any atom is 0.219 e. The Morgan fingerprint density at radius 3 is 2.38 bits per heavy atom. The van der Waals surface area contributed by atoms with Crippen molar-refractivity contribution in [1.29, 1.82) is 0 Å². The van der Waals surface area contributed by atoms with Crippen molar-refractivity contribution in [2.45, 2.75) is 26.7 Å². The third-order valence-electron chi connectivity index (χ3n) is 2.16. The lowest BCUT2D eigenvalue weighted by atomic mass is 10.3.